The van der Waals surface area contributed by atoms with Crippen molar-refractivity contribution >= 4 is 39.0 Å². The van der Waals surface area contributed by atoms with Crippen molar-refractivity contribution in [2.45, 2.75) is 6.54 Å². The van der Waals surface area contributed by atoms with Gasteiger partial charge in [-0.15, -0.1) is 11.3 Å². The Bertz CT molecular complexity index is 821. The van der Waals surface area contributed by atoms with Crippen molar-refractivity contribution in [1.82, 2.24) is 9.97 Å². The van der Waals surface area contributed by atoms with Crippen molar-refractivity contribution in [1.29, 1.82) is 0 Å². The molecular weight excluding hydrogens is 310 g/mol. The minimum absolute atomic E-state index is 0.284. The van der Waals surface area contributed by atoms with Crippen molar-refractivity contribution in [2.75, 3.05) is 12.1 Å². The molecule has 0 fully saturated rings. The zero-order valence-electron chi connectivity index (χ0n) is 10.8. The molecule has 1 aliphatic rings. The summed E-state index contributed by atoms with van der Waals surface area (Å²) in [5, 5.41) is 4.25. The molecule has 21 heavy (non-hydrogen) atoms. The first-order valence-corrected chi connectivity index (χ1v) is 7.51. The smallest absolute Gasteiger partial charge is 0.231 e. The molecule has 0 radical (unpaired) electrons. The number of hydrogen-bond donors (Lipinski definition) is 1. The lowest BCUT2D eigenvalue weighted by Gasteiger charge is -2.07. The summed E-state index contributed by atoms with van der Waals surface area (Å²) >= 11 is 7.47. The molecule has 7 heteroatoms. The van der Waals surface area contributed by atoms with E-state index in [1.165, 1.54) is 17.7 Å². The lowest BCUT2D eigenvalue weighted by Crippen LogP contribution is -2.01. The third kappa shape index (κ3) is 2.36. The first kappa shape index (κ1) is 12.7. The molecule has 1 aromatic carbocycles. The summed E-state index contributed by atoms with van der Waals surface area (Å²) in [7, 11) is 0. The van der Waals surface area contributed by atoms with Gasteiger partial charge in [0, 0.05) is 6.54 Å². The number of ether oxygens (including phenoxy) is 2. The third-order valence-electron chi connectivity index (χ3n) is 3.20. The number of benzene rings is 1. The average Bonchev–Trinajstić information content (AvgIpc) is 3.09. The van der Waals surface area contributed by atoms with Crippen molar-refractivity contribution in [3.05, 3.63) is 40.5 Å². The number of aromatic nitrogens is 2. The normalized spacial score (nSPS) is 12.8. The quantitative estimate of drug-likeness (QED) is 0.798. The van der Waals surface area contributed by atoms with Crippen LogP contribution < -0.4 is 14.8 Å². The Hall–Kier alpha value is -2.05. The summed E-state index contributed by atoms with van der Waals surface area (Å²) in [4.78, 5) is 9.37. The minimum atomic E-state index is 0.284. The minimum Gasteiger partial charge on any atom is -0.454 e. The van der Waals surface area contributed by atoms with Gasteiger partial charge in [-0.2, -0.15) is 0 Å². The van der Waals surface area contributed by atoms with E-state index in [0.717, 1.165) is 33.1 Å². The number of rotatable bonds is 3. The highest BCUT2D eigenvalue weighted by Crippen LogP contribution is 2.33. The molecule has 0 saturated carbocycles. The summed E-state index contributed by atoms with van der Waals surface area (Å²) < 4.78 is 11.4. The molecule has 4 rings (SSSR count). The summed E-state index contributed by atoms with van der Waals surface area (Å²) in [6.45, 7) is 0.919. The van der Waals surface area contributed by atoms with Crippen LogP contribution in [0.4, 0.5) is 5.82 Å². The highest BCUT2D eigenvalue weighted by Gasteiger charge is 2.13. The third-order valence-corrected chi connectivity index (χ3v) is 4.37. The molecule has 0 unspecified atom stereocenters. The number of thiophene rings is 1. The van der Waals surface area contributed by atoms with Gasteiger partial charge in [0.25, 0.3) is 0 Å². The van der Waals surface area contributed by atoms with E-state index in [9.17, 15) is 0 Å². The number of halogens is 1. The number of anilines is 1. The van der Waals surface area contributed by atoms with Gasteiger partial charge in [-0.05, 0) is 23.8 Å². The molecule has 0 bridgehead atoms. The van der Waals surface area contributed by atoms with Gasteiger partial charge >= 0.3 is 0 Å². The average molecular weight is 320 g/mol. The van der Waals surface area contributed by atoms with Crippen LogP contribution in [0.3, 0.4) is 0 Å². The molecule has 0 atom stereocenters. The van der Waals surface area contributed by atoms with Crippen LogP contribution in [-0.2, 0) is 6.54 Å². The Balaban J connectivity index is 1.58. The van der Waals surface area contributed by atoms with Gasteiger partial charge in [-0.25, -0.2) is 9.97 Å². The standard InChI is InChI=1S/C14H10ClN3O2S/c15-12-4-9-13(17-6-18-14(9)21-12)16-5-8-1-2-10-11(3-8)20-7-19-10/h1-4,6H,5,7H2,(H,16,17,18). The predicted octanol–water partition coefficient (Wildman–Crippen LogP) is 3.69. The molecular formula is C14H10ClN3O2S. The second-order valence-electron chi connectivity index (χ2n) is 4.53. The van der Waals surface area contributed by atoms with Crippen molar-refractivity contribution in [3.8, 4) is 11.5 Å². The Labute approximate surface area is 129 Å². The van der Waals surface area contributed by atoms with Gasteiger partial charge in [0.05, 0.1) is 9.72 Å². The molecule has 5 nitrogen and oxygen atoms in total. The molecule has 0 spiro atoms. The number of nitrogens with one attached hydrogen (secondary N) is 1. The fraction of sp³-hybridized carbons (Fsp3) is 0.143. The molecule has 1 N–H and O–H groups in total. The SMILES string of the molecule is Clc1cc2c(NCc3ccc4c(c3)OCO4)ncnc2s1. The Morgan fingerprint density at radius 3 is 3.05 bits per heavy atom. The Morgan fingerprint density at radius 1 is 1.19 bits per heavy atom. The van der Waals surface area contributed by atoms with Crippen molar-refractivity contribution in [2.24, 2.45) is 0 Å². The van der Waals surface area contributed by atoms with Crippen LogP contribution in [0.25, 0.3) is 10.2 Å². The lowest BCUT2D eigenvalue weighted by molar-refractivity contribution is 0.174. The molecule has 2 aromatic heterocycles. The van der Waals surface area contributed by atoms with E-state index < -0.39 is 0 Å². The molecule has 1 aliphatic heterocycles. The molecule has 0 saturated heterocycles. The summed E-state index contributed by atoms with van der Waals surface area (Å²) in [6.07, 6.45) is 1.54. The number of hydrogen-bond acceptors (Lipinski definition) is 6. The van der Waals surface area contributed by atoms with E-state index >= 15 is 0 Å². The van der Waals surface area contributed by atoms with Gasteiger partial charge in [-0.3, -0.25) is 0 Å². The van der Waals surface area contributed by atoms with Crippen molar-refractivity contribution < 1.29 is 9.47 Å². The topological polar surface area (TPSA) is 56.3 Å². The zero-order valence-corrected chi connectivity index (χ0v) is 12.4. The number of fused-ring (bicyclic) bond motifs is 2. The van der Waals surface area contributed by atoms with Crippen LogP contribution in [0.15, 0.2) is 30.6 Å². The summed E-state index contributed by atoms with van der Waals surface area (Å²) in [5.41, 5.74) is 1.09. The summed E-state index contributed by atoms with van der Waals surface area (Å²) in [5.74, 6) is 2.34. The van der Waals surface area contributed by atoms with E-state index in [0.29, 0.717) is 10.9 Å². The maximum atomic E-state index is 6.03. The molecule has 3 heterocycles. The highest BCUT2D eigenvalue weighted by atomic mass is 35.5. The summed E-state index contributed by atoms with van der Waals surface area (Å²) in [6, 6.07) is 7.76. The first-order valence-electron chi connectivity index (χ1n) is 6.32. The van der Waals surface area contributed by atoms with Gasteiger partial charge < -0.3 is 14.8 Å². The van der Waals surface area contributed by atoms with Crippen LogP contribution >= 0.6 is 22.9 Å². The second kappa shape index (κ2) is 5.05. The van der Waals surface area contributed by atoms with E-state index in [1.807, 2.05) is 24.3 Å². The fourth-order valence-electron chi connectivity index (χ4n) is 2.20. The van der Waals surface area contributed by atoms with Gasteiger partial charge in [0.2, 0.25) is 6.79 Å². The molecule has 3 aromatic rings. The van der Waals surface area contributed by atoms with Gasteiger partial charge in [0.15, 0.2) is 11.5 Å². The van der Waals surface area contributed by atoms with Gasteiger partial charge in [-0.1, -0.05) is 17.7 Å². The zero-order chi connectivity index (χ0) is 14.2. The molecule has 0 aliphatic carbocycles. The van der Waals surface area contributed by atoms with Crippen LogP contribution in [0, 0.1) is 0 Å². The molecule has 106 valence electrons. The molecule has 0 amide bonds. The van der Waals surface area contributed by atoms with Crippen LogP contribution in [0.5, 0.6) is 11.5 Å². The predicted molar refractivity (Wildman–Crippen MR) is 82.3 cm³/mol. The maximum absolute atomic E-state index is 6.03. The largest absolute Gasteiger partial charge is 0.454 e. The van der Waals surface area contributed by atoms with Crippen LogP contribution in [-0.4, -0.2) is 16.8 Å². The fourth-order valence-corrected chi connectivity index (χ4v) is 3.26. The monoisotopic (exact) mass is 319 g/mol. The van der Waals surface area contributed by atoms with E-state index in [2.05, 4.69) is 15.3 Å². The Kier molecular flexibility index (Phi) is 3.05. The Morgan fingerprint density at radius 2 is 2.10 bits per heavy atom. The van der Waals surface area contributed by atoms with E-state index in [-0.39, 0.29) is 6.79 Å². The van der Waals surface area contributed by atoms with Crippen LogP contribution in [0.1, 0.15) is 5.56 Å². The second-order valence-corrected chi connectivity index (χ2v) is 6.19. The maximum Gasteiger partial charge on any atom is 0.231 e. The van der Waals surface area contributed by atoms with Crippen molar-refractivity contribution in [3.63, 3.8) is 0 Å². The first-order chi connectivity index (χ1) is 10.3. The number of nitrogens with zero attached hydrogens (tertiary/aromatic N) is 2. The lowest BCUT2D eigenvalue weighted by atomic mass is 10.2. The van der Waals surface area contributed by atoms with E-state index in [4.69, 9.17) is 21.1 Å². The van der Waals surface area contributed by atoms with Gasteiger partial charge in [0.1, 0.15) is 17.0 Å². The highest BCUT2D eigenvalue weighted by molar-refractivity contribution is 7.22. The van der Waals surface area contributed by atoms with Crippen LogP contribution in [0.2, 0.25) is 4.34 Å². The van der Waals surface area contributed by atoms with E-state index in [1.54, 1.807) is 0 Å².